The number of aromatic nitrogens is 2. The number of hydrogen-bond acceptors (Lipinski definition) is 3. The summed E-state index contributed by atoms with van der Waals surface area (Å²) in [6.45, 7) is 8.02. The van der Waals surface area contributed by atoms with E-state index in [2.05, 4.69) is 10.4 Å². The Morgan fingerprint density at radius 2 is 1.78 bits per heavy atom. The average molecular weight is 466 g/mol. The molecule has 170 valence electrons. The van der Waals surface area contributed by atoms with Crippen LogP contribution in [0.1, 0.15) is 48.0 Å². The van der Waals surface area contributed by atoms with Crippen molar-refractivity contribution >= 4 is 23.2 Å². The molecule has 5 nitrogen and oxygen atoms in total. The molecule has 9 heteroatoms. The van der Waals surface area contributed by atoms with E-state index < -0.39 is 23.3 Å². The maximum atomic E-state index is 13.3. The third-order valence-corrected chi connectivity index (χ3v) is 4.93. The predicted octanol–water partition coefficient (Wildman–Crippen LogP) is 6.74. The van der Waals surface area contributed by atoms with Crippen LogP contribution >= 0.6 is 11.6 Å². The molecule has 1 N–H and O–H groups in total. The van der Waals surface area contributed by atoms with Crippen molar-refractivity contribution in [2.75, 3.05) is 5.32 Å². The van der Waals surface area contributed by atoms with Gasteiger partial charge in [-0.25, -0.2) is 0 Å². The Morgan fingerprint density at radius 1 is 1.09 bits per heavy atom. The first-order chi connectivity index (χ1) is 14.8. The molecule has 0 fully saturated rings. The van der Waals surface area contributed by atoms with Crippen LogP contribution in [0.15, 0.2) is 42.6 Å². The van der Waals surface area contributed by atoms with E-state index in [-0.39, 0.29) is 16.9 Å². The minimum Gasteiger partial charge on any atom is -0.455 e. The monoisotopic (exact) mass is 465 g/mol. The van der Waals surface area contributed by atoms with Gasteiger partial charge in [0.1, 0.15) is 5.75 Å². The van der Waals surface area contributed by atoms with Crippen LogP contribution in [0, 0.1) is 6.92 Å². The third kappa shape index (κ3) is 5.24. The van der Waals surface area contributed by atoms with Crippen molar-refractivity contribution in [3.8, 4) is 11.5 Å². The number of benzene rings is 2. The Bertz CT molecular complexity index is 1160. The summed E-state index contributed by atoms with van der Waals surface area (Å²) in [7, 11) is 1.31. The molecule has 32 heavy (non-hydrogen) atoms. The van der Waals surface area contributed by atoms with E-state index in [9.17, 15) is 18.0 Å². The molecule has 0 atom stereocenters. The summed E-state index contributed by atoms with van der Waals surface area (Å²) in [5.74, 6) is -0.190. The molecule has 0 saturated carbocycles. The maximum Gasteiger partial charge on any atom is 0.435 e. The highest BCUT2D eigenvalue weighted by Gasteiger charge is 2.39. The van der Waals surface area contributed by atoms with Gasteiger partial charge in [0.25, 0.3) is 5.91 Å². The number of nitrogens with zero attached hydrogens (tertiary/aromatic N) is 2. The summed E-state index contributed by atoms with van der Waals surface area (Å²) in [5, 5.41) is 6.22. The number of alkyl halides is 3. The molecule has 0 bridgehead atoms. The molecule has 0 spiro atoms. The van der Waals surface area contributed by atoms with Crippen LogP contribution in [0.2, 0.25) is 5.02 Å². The van der Waals surface area contributed by atoms with Crippen LogP contribution < -0.4 is 10.1 Å². The second-order valence-electron chi connectivity index (χ2n) is 8.51. The lowest BCUT2D eigenvalue weighted by Crippen LogP contribution is -2.18. The van der Waals surface area contributed by atoms with Crippen molar-refractivity contribution < 1.29 is 22.7 Å². The Morgan fingerprint density at radius 3 is 2.41 bits per heavy atom. The largest absolute Gasteiger partial charge is 0.455 e. The lowest BCUT2D eigenvalue weighted by Gasteiger charge is -2.24. The first-order valence-corrected chi connectivity index (χ1v) is 10.1. The first kappa shape index (κ1) is 23.7. The van der Waals surface area contributed by atoms with Crippen LogP contribution in [0.4, 0.5) is 18.9 Å². The van der Waals surface area contributed by atoms with Crippen molar-refractivity contribution in [3.05, 3.63) is 70.0 Å². The van der Waals surface area contributed by atoms with Gasteiger partial charge in [-0.05, 0) is 36.1 Å². The fourth-order valence-electron chi connectivity index (χ4n) is 3.19. The molecule has 0 radical (unpaired) electrons. The number of aryl methyl sites for hydroxylation is 2. The zero-order chi connectivity index (χ0) is 23.8. The van der Waals surface area contributed by atoms with Crippen LogP contribution in [-0.2, 0) is 18.6 Å². The van der Waals surface area contributed by atoms with Crippen molar-refractivity contribution in [2.45, 2.75) is 39.3 Å². The van der Waals surface area contributed by atoms with Crippen molar-refractivity contribution in [2.24, 2.45) is 7.05 Å². The average Bonchev–Trinajstić information content (AvgIpc) is 3.05. The lowest BCUT2D eigenvalue weighted by molar-refractivity contribution is -0.141. The molecule has 2 aromatic carbocycles. The van der Waals surface area contributed by atoms with Gasteiger partial charge in [-0.15, -0.1) is 0 Å². The van der Waals surface area contributed by atoms with E-state index in [1.165, 1.54) is 25.2 Å². The molecule has 1 amide bonds. The number of anilines is 1. The molecule has 3 aromatic rings. The fourth-order valence-corrected chi connectivity index (χ4v) is 3.35. The van der Waals surface area contributed by atoms with Crippen molar-refractivity contribution in [3.63, 3.8) is 0 Å². The van der Waals surface area contributed by atoms with Crippen LogP contribution in [0.25, 0.3) is 0 Å². The zero-order valence-electron chi connectivity index (χ0n) is 18.3. The number of hydrogen-bond donors (Lipinski definition) is 1. The summed E-state index contributed by atoms with van der Waals surface area (Å²) in [6, 6.07) is 10.3. The molecule has 0 saturated heterocycles. The lowest BCUT2D eigenvalue weighted by atomic mass is 9.86. The summed E-state index contributed by atoms with van der Waals surface area (Å²) in [4.78, 5) is 12.7. The highest BCUT2D eigenvalue weighted by Crippen LogP contribution is 2.39. The molecule has 0 aliphatic carbocycles. The zero-order valence-corrected chi connectivity index (χ0v) is 19.0. The summed E-state index contributed by atoms with van der Waals surface area (Å²) < 4.78 is 46.9. The SMILES string of the molecule is Cc1ccc(C(C)(C)C)c(Oc2cc(Cl)ccc2NC(=O)c2cn(C)nc2C(F)(F)F)c1. The number of nitrogens with one attached hydrogen (secondary N) is 1. The van der Waals surface area contributed by atoms with Crippen LogP contribution in [0.3, 0.4) is 0 Å². The van der Waals surface area contributed by atoms with Gasteiger partial charge in [-0.2, -0.15) is 18.3 Å². The van der Waals surface area contributed by atoms with E-state index in [1.807, 2.05) is 45.9 Å². The summed E-state index contributed by atoms with van der Waals surface area (Å²) in [6.07, 6.45) is -3.75. The van der Waals surface area contributed by atoms with Crippen LogP contribution in [0.5, 0.6) is 11.5 Å². The van der Waals surface area contributed by atoms with Gasteiger partial charge < -0.3 is 10.1 Å². The fraction of sp³-hybridized carbons (Fsp3) is 0.304. The molecular formula is C23H23ClF3N3O2. The standard InChI is InChI=1S/C23H23ClF3N3O2/c1-13-6-8-16(22(2,3)4)18(10-13)32-19-11-14(24)7-9-17(19)28-21(31)15-12-30(5)29-20(15)23(25,26)27/h6-12H,1-5H3,(H,28,31). The van der Waals surface area contributed by atoms with Crippen molar-refractivity contribution in [1.82, 2.24) is 9.78 Å². The van der Waals surface area contributed by atoms with E-state index in [0.717, 1.165) is 22.0 Å². The maximum absolute atomic E-state index is 13.3. The van der Waals surface area contributed by atoms with Gasteiger partial charge in [0.15, 0.2) is 11.4 Å². The quantitative estimate of drug-likeness (QED) is 0.464. The predicted molar refractivity (Wildman–Crippen MR) is 118 cm³/mol. The third-order valence-electron chi connectivity index (χ3n) is 4.70. The minimum absolute atomic E-state index is 0.178. The van der Waals surface area contributed by atoms with Gasteiger partial charge in [0, 0.05) is 29.9 Å². The van der Waals surface area contributed by atoms with E-state index in [1.54, 1.807) is 0 Å². The van der Waals surface area contributed by atoms with Crippen molar-refractivity contribution in [1.29, 1.82) is 0 Å². The second-order valence-corrected chi connectivity index (χ2v) is 8.95. The minimum atomic E-state index is -4.77. The van der Waals surface area contributed by atoms with Gasteiger partial charge >= 0.3 is 6.18 Å². The molecule has 1 aromatic heterocycles. The molecule has 3 rings (SSSR count). The summed E-state index contributed by atoms with van der Waals surface area (Å²) >= 11 is 6.13. The Hall–Kier alpha value is -3.00. The number of rotatable bonds is 4. The molecule has 0 aliphatic rings. The Kier molecular flexibility index (Phi) is 6.29. The number of amides is 1. The van der Waals surface area contributed by atoms with Gasteiger partial charge in [0.2, 0.25) is 0 Å². The van der Waals surface area contributed by atoms with E-state index >= 15 is 0 Å². The van der Waals surface area contributed by atoms with E-state index in [4.69, 9.17) is 16.3 Å². The number of ether oxygens (including phenoxy) is 1. The van der Waals surface area contributed by atoms with Gasteiger partial charge in [-0.3, -0.25) is 9.48 Å². The molecule has 0 unspecified atom stereocenters. The topological polar surface area (TPSA) is 56.1 Å². The van der Waals surface area contributed by atoms with Gasteiger partial charge in [-0.1, -0.05) is 44.5 Å². The molecular weight excluding hydrogens is 443 g/mol. The molecule has 1 heterocycles. The smallest absolute Gasteiger partial charge is 0.435 e. The number of carbonyl (C=O) groups is 1. The second kappa shape index (κ2) is 8.50. The highest BCUT2D eigenvalue weighted by atomic mass is 35.5. The Labute approximate surface area is 189 Å². The highest BCUT2D eigenvalue weighted by molar-refractivity contribution is 6.30. The van der Waals surface area contributed by atoms with Crippen LogP contribution in [-0.4, -0.2) is 15.7 Å². The summed E-state index contributed by atoms with van der Waals surface area (Å²) in [5.41, 5.74) is -0.0209. The van der Waals surface area contributed by atoms with E-state index in [0.29, 0.717) is 10.8 Å². The first-order valence-electron chi connectivity index (χ1n) is 9.76. The Balaban J connectivity index is 2.00. The normalized spacial score (nSPS) is 12.0. The number of carbonyl (C=O) groups excluding carboxylic acids is 1. The van der Waals surface area contributed by atoms with Gasteiger partial charge in [0.05, 0.1) is 11.3 Å². The number of halogens is 4. The molecule has 0 aliphatic heterocycles.